The van der Waals surface area contributed by atoms with Crippen LogP contribution in [0.25, 0.3) is 54.6 Å². The molecule has 0 saturated carbocycles. The van der Waals surface area contributed by atoms with E-state index in [0.717, 1.165) is 39.0 Å². The first kappa shape index (κ1) is 22.6. The number of fused-ring (bicyclic) bond motifs is 5. The van der Waals surface area contributed by atoms with E-state index in [9.17, 15) is 0 Å². The normalized spacial score (nSPS) is 11.5. The Morgan fingerprint density at radius 3 is 1.88 bits per heavy atom. The molecule has 2 nitrogen and oxygen atoms in total. The van der Waals surface area contributed by atoms with E-state index in [-0.39, 0.29) is 0 Å². The smallest absolute Gasteiger partial charge is 0.136 e. The monoisotopic (exact) mass is 511 g/mol. The molecule has 0 spiro atoms. The number of anilines is 3. The molecule has 0 radical (unpaired) electrons. The van der Waals surface area contributed by atoms with Crippen LogP contribution in [0.3, 0.4) is 0 Å². The molecule has 8 rings (SSSR count). The molecule has 0 unspecified atom stereocenters. The van der Waals surface area contributed by atoms with Crippen molar-refractivity contribution < 1.29 is 4.42 Å². The Bertz CT molecular complexity index is 2160. The van der Waals surface area contributed by atoms with E-state index in [2.05, 4.69) is 144 Å². The molecule has 0 saturated heterocycles. The Morgan fingerprint density at radius 1 is 0.350 bits per heavy atom. The molecule has 1 heterocycles. The molecule has 0 amide bonds. The molecule has 0 aliphatic carbocycles. The summed E-state index contributed by atoms with van der Waals surface area (Å²) in [4.78, 5) is 2.31. The quantitative estimate of drug-likeness (QED) is 0.234. The van der Waals surface area contributed by atoms with Crippen molar-refractivity contribution in [3.8, 4) is 11.1 Å². The van der Waals surface area contributed by atoms with Gasteiger partial charge in [-0.2, -0.15) is 0 Å². The molecule has 0 atom stereocenters. The van der Waals surface area contributed by atoms with Crippen LogP contribution in [0.2, 0.25) is 0 Å². The van der Waals surface area contributed by atoms with Crippen molar-refractivity contribution in [3.05, 3.63) is 152 Å². The van der Waals surface area contributed by atoms with Crippen LogP contribution in [0.1, 0.15) is 0 Å². The van der Waals surface area contributed by atoms with E-state index in [1.54, 1.807) is 0 Å². The zero-order valence-electron chi connectivity index (χ0n) is 21.8. The predicted octanol–water partition coefficient (Wildman–Crippen LogP) is 11.0. The lowest BCUT2D eigenvalue weighted by atomic mass is 9.99. The molecule has 8 aromatic rings. The molecule has 0 aliphatic rings. The van der Waals surface area contributed by atoms with E-state index >= 15 is 0 Å². The Kier molecular flexibility index (Phi) is 5.17. The third-order valence-corrected chi connectivity index (χ3v) is 7.80. The molecule has 2 heteroatoms. The first-order valence-corrected chi connectivity index (χ1v) is 13.6. The summed E-state index contributed by atoms with van der Waals surface area (Å²) in [6.45, 7) is 0. The van der Waals surface area contributed by atoms with Gasteiger partial charge in [0, 0.05) is 27.8 Å². The van der Waals surface area contributed by atoms with Gasteiger partial charge < -0.3 is 9.32 Å². The fraction of sp³-hybridized carbons (Fsp3) is 0. The summed E-state index contributed by atoms with van der Waals surface area (Å²) in [5.41, 5.74) is 7.61. The second-order valence-corrected chi connectivity index (χ2v) is 10.3. The maximum absolute atomic E-state index is 6.15. The minimum Gasteiger partial charge on any atom is -0.456 e. The van der Waals surface area contributed by atoms with Crippen molar-refractivity contribution in [1.82, 2.24) is 0 Å². The van der Waals surface area contributed by atoms with Crippen molar-refractivity contribution in [2.75, 3.05) is 4.90 Å². The highest BCUT2D eigenvalue weighted by Gasteiger charge is 2.14. The number of benzene rings is 7. The molecule has 188 valence electrons. The number of furan rings is 1. The highest BCUT2D eigenvalue weighted by atomic mass is 16.3. The number of nitrogens with zero attached hydrogens (tertiary/aromatic N) is 1. The van der Waals surface area contributed by atoms with Crippen molar-refractivity contribution in [2.45, 2.75) is 0 Å². The third-order valence-electron chi connectivity index (χ3n) is 7.80. The maximum atomic E-state index is 6.15. The molecular formula is C38H25NO. The zero-order valence-corrected chi connectivity index (χ0v) is 21.8. The highest BCUT2D eigenvalue weighted by Crippen LogP contribution is 2.38. The molecule has 7 aromatic carbocycles. The predicted molar refractivity (Wildman–Crippen MR) is 169 cm³/mol. The summed E-state index contributed by atoms with van der Waals surface area (Å²) >= 11 is 0. The Morgan fingerprint density at radius 2 is 1.00 bits per heavy atom. The van der Waals surface area contributed by atoms with E-state index in [0.29, 0.717) is 0 Å². The van der Waals surface area contributed by atoms with Gasteiger partial charge in [0.05, 0.1) is 0 Å². The van der Waals surface area contributed by atoms with Gasteiger partial charge in [-0.05, 0) is 93.3 Å². The molecule has 40 heavy (non-hydrogen) atoms. The van der Waals surface area contributed by atoms with Gasteiger partial charge in [-0.3, -0.25) is 0 Å². The summed E-state index contributed by atoms with van der Waals surface area (Å²) in [6, 6.07) is 53.9. The molecule has 1 aromatic heterocycles. The lowest BCUT2D eigenvalue weighted by Gasteiger charge is -2.26. The number of hydrogen-bond acceptors (Lipinski definition) is 2. The summed E-state index contributed by atoms with van der Waals surface area (Å²) < 4.78 is 6.15. The van der Waals surface area contributed by atoms with Crippen molar-refractivity contribution >= 4 is 60.5 Å². The lowest BCUT2D eigenvalue weighted by molar-refractivity contribution is 0.669. The van der Waals surface area contributed by atoms with Gasteiger partial charge in [-0.1, -0.05) is 91.0 Å². The SMILES string of the molecule is c1ccc(N(c2ccc(-c3ccc4cc5c(cc4c3)oc3ccccc35)cc2)c2ccc3ccccc3c2)cc1. The van der Waals surface area contributed by atoms with Gasteiger partial charge in [-0.25, -0.2) is 0 Å². The number of rotatable bonds is 4. The fourth-order valence-electron chi connectivity index (χ4n) is 5.79. The molecule has 0 fully saturated rings. The van der Waals surface area contributed by atoms with Gasteiger partial charge >= 0.3 is 0 Å². The first-order chi connectivity index (χ1) is 19.8. The van der Waals surface area contributed by atoms with E-state index < -0.39 is 0 Å². The van der Waals surface area contributed by atoms with Crippen LogP contribution in [0.4, 0.5) is 17.1 Å². The Labute approximate surface area is 232 Å². The average Bonchev–Trinajstić information content (AvgIpc) is 3.38. The lowest BCUT2D eigenvalue weighted by Crippen LogP contribution is -2.09. The average molecular weight is 512 g/mol. The maximum Gasteiger partial charge on any atom is 0.136 e. The Balaban J connectivity index is 1.19. The van der Waals surface area contributed by atoms with Gasteiger partial charge in [0.1, 0.15) is 11.2 Å². The minimum absolute atomic E-state index is 0.926. The van der Waals surface area contributed by atoms with Crippen molar-refractivity contribution in [3.63, 3.8) is 0 Å². The van der Waals surface area contributed by atoms with Crippen LogP contribution in [0.15, 0.2) is 156 Å². The highest BCUT2D eigenvalue weighted by molar-refractivity contribution is 6.10. The van der Waals surface area contributed by atoms with E-state index in [1.807, 2.05) is 12.1 Å². The van der Waals surface area contributed by atoms with Gasteiger partial charge in [0.15, 0.2) is 0 Å². The van der Waals surface area contributed by atoms with Crippen molar-refractivity contribution in [2.24, 2.45) is 0 Å². The number of para-hydroxylation sites is 2. The van der Waals surface area contributed by atoms with Crippen LogP contribution in [0, 0.1) is 0 Å². The summed E-state index contributed by atoms with van der Waals surface area (Å²) in [5, 5.41) is 7.18. The number of hydrogen-bond donors (Lipinski definition) is 0. The Hall–Kier alpha value is -5.34. The van der Waals surface area contributed by atoms with Crippen LogP contribution in [-0.2, 0) is 0 Å². The van der Waals surface area contributed by atoms with Gasteiger partial charge in [-0.15, -0.1) is 0 Å². The fourth-order valence-corrected chi connectivity index (χ4v) is 5.79. The molecule has 0 aliphatic heterocycles. The van der Waals surface area contributed by atoms with Crippen LogP contribution in [0.5, 0.6) is 0 Å². The van der Waals surface area contributed by atoms with E-state index in [4.69, 9.17) is 4.42 Å². The third kappa shape index (κ3) is 3.81. The van der Waals surface area contributed by atoms with E-state index in [1.165, 1.54) is 32.7 Å². The standard InChI is InChI=1S/C38H25NO/c1-2-10-32(11-3-1)39(34-21-18-26-8-4-5-9-28(26)23-34)33-19-16-27(17-20-33)29-14-15-30-24-36-35-12-6-7-13-37(35)40-38(36)25-31(30)22-29/h1-25H. The van der Waals surface area contributed by atoms with Crippen LogP contribution in [-0.4, -0.2) is 0 Å². The van der Waals surface area contributed by atoms with Gasteiger partial charge in [0.2, 0.25) is 0 Å². The summed E-state index contributed by atoms with van der Waals surface area (Å²) in [6.07, 6.45) is 0. The zero-order chi connectivity index (χ0) is 26.5. The molecular weight excluding hydrogens is 486 g/mol. The van der Waals surface area contributed by atoms with Crippen molar-refractivity contribution in [1.29, 1.82) is 0 Å². The first-order valence-electron chi connectivity index (χ1n) is 13.6. The van der Waals surface area contributed by atoms with Crippen LogP contribution >= 0.6 is 0 Å². The largest absolute Gasteiger partial charge is 0.456 e. The summed E-state index contributed by atoms with van der Waals surface area (Å²) in [5.74, 6) is 0. The second kappa shape index (κ2) is 9.14. The van der Waals surface area contributed by atoms with Gasteiger partial charge in [0.25, 0.3) is 0 Å². The molecule has 0 bridgehead atoms. The molecule has 0 N–H and O–H groups in total. The minimum atomic E-state index is 0.926. The second-order valence-electron chi connectivity index (χ2n) is 10.3. The van der Waals surface area contributed by atoms with Crippen LogP contribution < -0.4 is 4.90 Å². The topological polar surface area (TPSA) is 16.4 Å². The summed E-state index contributed by atoms with van der Waals surface area (Å²) in [7, 11) is 0.